The summed E-state index contributed by atoms with van der Waals surface area (Å²) >= 11 is 0. The van der Waals surface area contributed by atoms with Gasteiger partial charge in [-0.1, -0.05) is 30.3 Å². The van der Waals surface area contributed by atoms with E-state index < -0.39 is 6.04 Å². The van der Waals surface area contributed by atoms with E-state index in [0.29, 0.717) is 13.0 Å². The van der Waals surface area contributed by atoms with Crippen LogP contribution in [-0.4, -0.2) is 41.6 Å². The van der Waals surface area contributed by atoms with Crippen molar-refractivity contribution in [3.8, 4) is 0 Å². The number of amides is 3. The maximum atomic E-state index is 12.3. The van der Waals surface area contributed by atoms with E-state index in [1.807, 2.05) is 51.1 Å². The van der Waals surface area contributed by atoms with Crippen LogP contribution in [0.1, 0.15) is 26.3 Å². The van der Waals surface area contributed by atoms with E-state index in [-0.39, 0.29) is 24.1 Å². The summed E-state index contributed by atoms with van der Waals surface area (Å²) in [6.07, 6.45) is 0.516. The van der Waals surface area contributed by atoms with Crippen molar-refractivity contribution in [2.75, 3.05) is 13.2 Å². The molecule has 1 unspecified atom stereocenters. The molecule has 0 aliphatic carbocycles. The van der Waals surface area contributed by atoms with Crippen LogP contribution in [0.5, 0.6) is 0 Å². The van der Waals surface area contributed by atoms with Crippen LogP contribution in [0.4, 0.5) is 4.79 Å². The summed E-state index contributed by atoms with van der Waals surface area (Å²) in [6.45, 7) is 6.46. The number of hydrogen-bond donors (Lipinski definition) is 1. The maximum Gasteiger partial charge on any atom is 0.324 e. The predicted molar refractivity (Wildman–Crippen MR) is 79.9 cm³/mol. The van der Waals surface area contributed by atoms with E-state index in [9.17, 15) is 9.59 Å². The van der Waals surface area contributed by atoms with Gasteiger partial charge in [0.05, 0.1) is 18.8 Å². The largest absolute Gasteiger partial charge is 0.374 e. The zero-order valence-corrected chi connectivity index (χ0v) is 12.8. The maximum absolute atomic E-state index is 12.3. The van der Waals surface area contributed by atoms with E-state index >= 15 is 0 Å². The van der Waals surface area contributed by atoms with Gasteiger partial charge in [0.25, 0.3) is 5.91 Å². The number of urea groups is 1. The van der Waals surface area contributed by atoms with E-state index in [1.165, 1.54) is 4.90 Å². The van der Waals surface area contributed by atoms with E-state index in [4.69, 9.17) is 4.74 Å². The number of nitrogens with one attached hydrogen (secondary N) is 1. The van der Waals surface area contributed by atoms with Crippen LogP contribution in [0.15, 0.2) is 30.3 Å². The highest BCUT2D eigenvalue weighted by Gasteiger charge is 2.37. The average Bonchev–Trinajstić information content (AvgIpc) is 2.66. The van der Waals surface area contributed by atoms with Gasteiger partial charge in [-0.25, -0.2) is 4.79 Å². The first-order chi connectivity index (χ1) is 9.87. The second kappa shape index (κ2) is 6.26. The molecule has 0 spiro atoms. The number of hydrogen-bond acceptors (Lipinski definition) is 3. The van der Waals surface area contributed by atoms with Crippen LogP contribution in [0.3, 0.4) is 0 Å². The van der Waals surface area contributed by atoms with Crippen molar-refractivity contribution in [3.05, 3.63) is 35.9 Å². The fourth-order valence-corrected chi connectivity index (χ4v) is 2.22. The molecule has 1 fully saturated rings. The number of benzene rings is 1. The van der Waals surface area contributed by atoms with Gasteiger partial charge in [0.2, 0.25) is 0 Å². The first-order valence-electron chi connectivity index (χ1n) is 7.16. The van der Waals surface area contributed by atoms with Crippen LogP contribution in [0, 0.1) is 0 Å². The molecule has 1 aromatic rings. The molecule has 1 aliphatic rings. The van der Waals surface area contributed by atoms with Crippen LogP contribution < -0.4 is 5.32 Å². The minimum Gasteiger partial charge on any atom is -0.374 e. The molecule has 21 heavy (non-hydrogen) atoms. The van der Waals surface area contributed by atoms with Crippen molar-refractivity contribution in [2.24, 2.45) is 0 Å². The Morgan fingerprint density at radius 2 is 1.86 bits per heavy atom. The number of carbonyl (C=O) groups excluding carboxylic acids is 2. The second-order valence-electron chi connectivity index (χ2n) is 6.14. The van der Waals surface area contributed by atoms with Crippen molar-refractivity contribution in [2.45, 2.75) is 38.8 Å². The average molecular weight is 290 g/mol. The summed E-state index contributed by atoms with van der Waals surface area (Å²) in [5, 5.41) is 2.73. The van der Waals surface area contributed by atoms with E-state index in [1.54, 1.807) is 0 Å². The van der Waals surface area contributed by atoms with Gasteiger partial charge in [-0.2, -0.15) is 0 Å². The number of nitrogens with zero attached hydrogens (tertiary/aromatic N) is 1. The van der Waals surface area contributed by atoms with Gasteiger partial charge < -0.3 is 10.1 Å². The highest BCUT2D eigenvalue weighted by atomic mass is 16.5. The van der Waals surface area contributed by atoms with Crippen LogP contribution in [-0.2, 0) is 16.0 Å². The van der Waals surface area contributed by atoms with E-state index in [2.05, 4.69) is 5.32 Å². The normalized spacial score (nSPS) is 19.0. The monoisotopic (exact) mass is 290 g/mol. The first kappa shape index (κ1) is 15.5. The lowest BCUT2D eigenvalue weighted by atomic mass is 10.1. The third kappa shape index (κ3) is 4.29. The lowest BCUT2D eigenvalue weighted by Crippen LogP contribution is -2.36. The topological polar surface area (TPSA) is 58.6 Å². The van der Waals surface area contributed by atoms with E-state index in [0.717, 1.165) is 5.56 Å². The van der Waals surface area contributed by atoms with Crippen LogP contribution >= 0.6 is 0 Å². The second-order valence-corrected chi connectivity index (χ2v) is 6.14. The SMILES string of the molecule is CC(C)(C)OCCN1C(=O)NC(Cc2ccccc2)C1=O. The number of carbonyl (C=O) groups is 2. The quantitative estimate of drug-likeness (QED) is 0.843. The zero-order chi connectivity index (χ0) is 15.5. The van der Waals surface area contributed by atoms with Gasteiger partial charge in [0, 0.05) is 6.42 Å². The van der Waals surface area contributed by atoms with Gasteiger partial charge in [-0.3, -0.25) is 9.69 Å². The first-order valence-corrected chi connectivity index (χ1v) is 7.16. The third-order valence-corrected chi connectivity index (χ3v) is 3.24. The van der Waals surface area contributed by atoms with Crippen LogP contribution in [0.2, 0.25) is 0 Å². The molecule has 1 aliphatic heterocycles. The number of imide groups is 1. The number of rotatable bonds is 5. The van der Waals surface area contributed by atoms with Gasteiger partial charge in [-0.05, 0) is 26.3 Å². The Morgan fingerprint density at radius 1 is 1.19 bits per heavy atom. The molecule has 0 aromatic heterocycles. The van der Waals surface area contributed by atoms with Gasteiger partial charge in [0.15, 0.2) is 0 Å². The summed E-state index contributed by atoms with van der Waals surface area (Å²) in [5.74, 6) is -0.179. The fraction of sp³-hybridized carbons (Fsp3) is 0.500. The molecule has 2 rings (SSSR count). The molecular weight excluding hydrogens is 268 g/mol. The lowest BCUT2D eigenvalue weighted by Gasteiger charge is -2.21. The molecule has 0 bridgehead atoms. The minimum absolute atomic E-state index is 0.179. The summed E-state index contributed by atoms with van der Waals surface area (Å²) in [6, 6.07) is 8.86. The van der Waals surface area contributed by atoms with Gasteiger partial charge in [-0.15, -0.1) is 0 Å². The molecule has 1 atom stereocenters. The predicted octanol–water partition coefficient (Wildman–Crippen LogP) is 1.96. The van der Waals surface area contributed by atoms with Gasteiger partial charge >= 0.3 is 6.03 Å². The van der Waals surface area contributed by atoms with Crippen molar-refractivity contribution in [1.29, 1.82) is 0 Å². The highest BCUT2D eigenvalue weighted by Crippen LogP contribution is 2.13. The molecule has 114 valence electrons. The molecule has 1 heterocycles. The summed E-state index contributed by atoms with van der Waals surface area (Å²) in [4.78, 5) is 25.4. The number of ether oxygens (including phenoxy) is 1. The molecular formula is C16H22N2O3. The lowest BCUT2D eigenvalue weighted by molar-refractivity contribution is -0.128. The van der Waals surface area contributed by atoms with Crippen molar-refractivity contribution in [1.82, 2.24) is 10.2 Å². The molecule has 1 saturated heterocycles. The Morgan fingerprint density at radius 3 is 2.48 bits per heavy atom. The Kier molecular flexibility index (Phi) is 4.63. The third-order valence-electron chi connectivity index (χ3n) is 3.24. The highest BCUT2D eigenvalue weighted by molar-refractivity contribution is 6.04. The smallest absolute Gasteiger partial charge is 0.324 e. The molecule has 5 heteroatoms. The zero-order valence-electron chi connectivity index (χ0n) is 12.8. The molecule has 0 radical (unpaired) electrons. The fourth-order valence-electron chi connectivity index (χ4n) is 2.22. The van der Waals surface area contributed by atoms with Crippen molar-refractivity contribution < 1.29 is 14.3 Å². The molecule has 1 aromatic carbocycles. The van der Waals surface area contributed by atoms with Crippen LogP contribution in [0.25, 0.3) is 0 Å². The summed E-state index contributed by atoms with van der Waals surface area (Å²) in [5.41, 5.74) is 0.756. The van der Waals surface area contributed by atoms with Crippen molar-refractivity contribution in [3.63, 3.8) is 0 Å². The summed E-state index contributed by atoms with van der Waals surface area (Å²) < 4.78 is 5.57. The standard InChI is InChI=1S/C16H22N2O3/c1-16(2,3)21-10-9-18-14(19)13(17-15(18)20)11-12-7-5-4-6-8-12/h4-8,13H,9-11H2,1-3H3,(H,17,20). The Labute approximate surface area is 125 Å². The molecule has 0 saturated carbocycles. The minimum atomic E-state index is -0.477. The Bertz CT molecular complexity index is 508. The van der Waals surface area contributed by atoms with Crippen molar-refractivity contribution >= 4 is 11.9 Å². The molecule has 5 nitrogen and oxygen atoms in total. The molecule has 1 N–H and O–H groups in total. The summed E-state index contributed by atoms with van der Waals surface area (Å²) in [7, 11) is 0. The Hall–Kier alpha value is -1.88. The van der Waals surface area contributed by atoms with Gasteiger partial charge in [0.1, 0.15) is 6.04 Å². The molecule has 3 amide bonds. The Balaban J connectivity index is 1.91.